The third kappa shape index (κ3) is 3.84. The molecule has 19 heavy (non-hydrogen) atoms. The van der Waals surface area contributed by atoms with Crippen molar-refractivity contribution in [2.75, 3.05) is 5.32 Å². The van der Waals surface area contributed by atoms with Gasteiger partial charge in [-0.05, 0) is 24.1 Å². The first kappa shape index (κ1) is 13.1. The molecule has 0 aliphatic rings. The van der Waals surface area contributed by atoms with E-state index in [2.05, 4.69) is 10.3 Å². The highest BCUT2D eigenvalue weighted by atomic mass is 16.4. The zero-order valence-corrected chi connectivity index (χ0v) is 10.8. The Hall–Kier alpha value is -2.30. The molecule has 2 N–H and O–H groups in total. The van der Waals surface area contributed by atoms with Gasteiger partial charge in [-0.1, -0.05) is 12.1 Å². The first-order chi connectivity index (χ1) is 9.15. The first-order valence-corrected chi connectivity index (χ1v) is 6.15. The monoisotopic (exact) mass is 259 g/mol. The highest BCUT2D eigenvalue weighted by molar-refractivity contribution is 5.67. The standard InChI is InChI=1S/C14H17N3O2/c1-17-10-15-8-13(17)9-16-12-5-2-11(3-6-12)4-7-14(18)19/h2-3,5-6,8,10,16H,4,7,9H2,1H3,(H,18,19). The van der Waals surface area contributed by atoms with Gasteiger partial charge in [-0.25, -0.2) is 4.98 Å². The lowest BCUT2D eigenvalue weighted by atomic mass is 10.1. The molecular formula is C14H17N3O2. The second-order valence-corrected chi connectivity index (χ2v) is 4.44. The molecule has 1 heterocycles. The Balaban J connectivity index is 1.88. The number of carbonyl (C=O) groups is 1. The topological polar surface area (TPSA) is 67.2 Å². The molecule has 100 valence electrons. The smallest absolute Gasteiger partial charge is 0.303 e. The molecule has 0 aliphatic heterocycles. The van der Waals surface area contributed by atoms with E-state index >= 15 is 0 Å². The quantitative estimate of drug-likeness (QED) is 0.833. The SMILES string of the molecule is Cn1cncc1CNc1ccc(CCC(=O)O)cc1. The van der Waals surface area contributed by atoms with Gasteiger partial charge in [0.1, 0.15) is 0 Å². The summed E-state index contributed by atoms with van der Waals surface area (Å²) in [6, 6.07) is 7.84. The van der Waals surface area contributed by atoms with Crippen molar-refractivity contribution in [3.8, 4) is 0 Å². The highest BCUT2D eigenvalue weighted by Gasteiger charge is 2.01. The van der Waals surface area contributed by atoms with Crippen molar-refractivity contribution < 1.29 is 9.90 Å². The van der Waals surface area contributed by atoms with Gasteiger partial charge in [-0.2, -0.15) is 0 Å². The van der Waals surface area contributed by atoms with Gasteiger partial charge >= 0.3 is 5.97 Å². The number of imidazole rings is 1. The summed E-state index contributed by atoms with van der Waals surface area (Å²) < 4.78 is 1.97. The number of nitrogens with zero attached hydrogens (tertiary/aromatic N) is 2. The van der Waals surface area contributed by atoms with Crippen LogP contribution in [0.5, 0.6) is 0 Å². The molecule has 5 heteroatoms. The Bertz CT molecular complexity index is 546. The van der Waals surface area contributed by atoms with Crippen molar-refractivity contribution in [3.05, 3.63) is 48.0 Å². The van der Waals surface area contributed by atoms with Crippen molar-refractivity contribution >= 4 is 11.7 Å². The van der Waals surface area contributed by atoms with Gasteiger partial charge in [0, 0.05) is 25.4 Å². The van der Waals surface area contributed by atoms with E-state index in [9.17, 15) is 4.79 Å². The average molecular weight is 259 g/mol. The Morgan fingerprint density at radius 2 is 2.11 bits per heavy atom. The predicted octanol–water partition coefficient (Wildman–Crippen LogP) is 2.05. The minimum absolute atomic E-state index is 0.168. The molecule has 0 atom stereocenters. The predicted molar refractivity (Wildman–Crippen MR) is 72.9 cm³/mol. The lowest BCUT2D eigenvalue weighted by Gasteiger charge is -2.07. The summed E-state index contributed by atoms with van der Waals surface area (Å²) in [5.74, 6) is -0.765. The number of nitrogens with one attached hydrogen (secondary N) is 1. The molecule has 1 aromatic carbocycles. The minimum atomic E-state index is -0.765. The van der Waals surface area contributed by atoms with Gasteiger partial charge in [0.2, 0.25) is 0 Å². The number of hydrogen-bond donors (Lipinski definition) is 2. The minimum Gasteiger partial charge on any atom is -0.481 e. The largest absolute Gasteiger partial charge is 0.481 e. The summed E-state index contributed by atoms with van der Waals surface area (Å²) in [5, 5.41) is 11.9. The molecule has 0 radical (unpaired) electrons. The van der Waals surface area contributed by atoms with Gasteiger partial charge < -0.3 is 15.0 Å². The molecule has 0 saturated carbocycles. The van der Waals surface area contributed by atoms with Crippen LogP contribution in [0.4, 0.5) is 5.69 Å². The second-order valence-electron chi connectivity index (χ2n) is 4.44. The van der Waals surface area contributed by atoms with Crippen molar-refractivity contribution in [3.63, 3.8) is 0 Å². The number of carboxylic acids is 1. The molecule has 2 aromatic rings. The van der Waals surface area contributed by atoms with Crippen LogP contribution in [0.1, 0.15) is 17.7 Å². The number of aryl methyl sites for hydroxylation is 2. The Morgan fingerprint density at radius 1 is 1.37 bits per heavy atom. The van der Waals surface area contributed by atoms with Crippen molar-refractivity contribution in [2.45, 2.75) is 19.4 Å². The summed E-state index contributed by atoms with van der Waals surface area (Å²) in [4.78, 5) is 14.5. The number of anilines is 1. The zero-order valence-electron chi connectivity index (χ0n) is 10.8. The summed E-state index contributed by atoms with van der Waals surface area (Å²) in [5.41, 5.74) is 3.16. The maximum absolute atomic E-state index is 10.5. The van der Waals surface area contributed by atoms with Crippen molar-refractivity contribution in [2.24, 2.45) is 7.05 Å². The Kier molecular flexibility index (Phi) is 4.18. The first-order valence-electron chi connectivity index (χ1n) is 6.15. The number of aromatic nitrogens is 2. The number of rotatable bonds is 6. The van der Waals surface area contributed by atoms with Crippen LogP contribution in [0.15, 0.2) is 36.8 Å². The van der Waals surface area contributed by atoms with Gasteiger partial charge in [-0.15, -0.1) is 0 Å². The number of benzene rings is 1. The molecule has 0 saturated heterocycles. The molecule has 0 unspecified atom stereocenters. The summed E-state index contributed by atoms with van der Waals surface area (Å²) >= 11 is 0. The van der Waals surface area contributed by atoms with Crippen LogP contribution in [-0.2, 0) is 24.8 Å². The van der Waals surface area contributed by atoms with Crippen LogP contribution in [-0.4, -0.2) is 20.6 Å². The Morgan fingerprint density at radius 3 is 2.68 bits per heavy atom. The van der Waals surface area contributed by atoms with Crippen LogP contribution >= 0.6 is 0 Å². The van der Waals surface area contributed by atoms with E-state index in [0.717, 1.165) is 16.9 Å². The highest BCUT2D eigenvalue weighted by Crippen LogP contribution is 2.12. The molecule has 0 spiro atoms. The number of aliphatic carboxylic acids is 1. The van der Waals surface area contributed by atoms with Crippen LogP contribution in [0, 0.1) is 0 Å². The Labute approximate surface area is 111 Å². The molecule has 5 nitrogen and oxygen atoms in total. The summed E-state index contributed by atoms with van der Waals surface area (Å²) in [6.07, 6.45) is 4.33. The third-order valence-corrected chi connectivity index (χ3v) is 2.97. The molecule has 1 aromatic heterocycles. The van der Waals surface area contributed by atoms with Crippen molar-refractivity contribution in [1.29, 1.82) is 0 Å². The van der Waals surface area contributed by atoms with Crippen LogP contribution in [0.2, 0.25) is 0 Å². The zero-order chi connectivity index (χ0) is 13.7. The molecule has 0 bridgehead atoms. The van der Waals surface area contributed by atoms with E-state index in [4.69, 9.17) is 5.11 Å². The third-order valence-electron chi connectivity index (χ3n) is 2.97. The molecule has 2 rings (SSSR count). The number of hydrogen-bond acceptors (Lipinski definition) is 3. The summed E-state index contributed by atoms with van der Waals surface area (Å²) in [7, 11) is 1.96. The molecule has 0 fully saturated rings. The fourth-order valence-electron chi connectivity index (χ4n) is 1.79. The van der Waals surface area contributed by atoms with E-state index in [0.29, 0.717) is 13.0 Å². The maximum atomic E-state index is 10.5. The fourth-order valence-corrected chi connectivity index (χ4v) is 1.79. The molecular weight excluding hydrogens is 242 g/mol. The van der Waals surface area contributed by atoms with Gasteiger partial charge in [0.25, 0.3) is 0 Å². The lowest BCUT2D eigenvalue weighted by molar-refractivity contribution is -0.136. The second kappa shape index (κ2) is 6.04. The van der Waals surface area contributed by atoms with Gasteiger partial charge in [0.05, 0.1) is 18.6 Å². The molecule has 0 aliphatic carbocycles. The van der Waals surface area contributed by atoms with E-state index in [-0.39, 0.29) is 6.42 Å². The fraction of sp³-hybridized carbons (Fsp3) is 0.286. The summed E-state index contributed by atoms with van der Waals surface area (Å²) in [6.45, 7) is 0.713. The number of carboxylic acid groups (broad SMARTS) is 1. The van der Waals surface area contributed by atoms with Crippen molar-refractivity contribution in [1.82, 2.24) is 9.55 Å². The lowest BCUT2D eigenvalue weighted by Crippen LogP contribution is -2.04. The van der Waals surface area contributed by atoms with Gasteiger partial charge in [0.15, 0.2) is 0 Å². The van der Waals surface area contributed by atoms with Crippen LogP contribution in [0.3, 0.4) is 0 Å². The molecule has 0 amide bonds. The van der Waals surface area contributed by atoms with E-state index < -0.39 is 5.97 Å². The van der Waals surface area contributed by atoms with Crippen LogP contribution < -0.4 is 5.32 Å². The average Bonchev–Trinajstić information content (AvgIpc) is 2.81. The van der Waals surface area contributed by atoms with E-state index in [1.54, 1.807) is 6.33 Å². The van der Waals surface area contributed by atoms with Gasteiger partial charge in [-0.3, -0.25) is 4.79 Å². The van der Waals surface area contributed by atoms with Crippen LogP contribution in [0.25, 0.3) is 0 Å². The van der Waals surface area contributed by atoms with E-state index in [1.165, 1.54) is 0 Å². The normalized spacial score (nSPS) is 10.4. The maximum Gasteiger partial charge on any atom is 0.303 e. The van der Waals surface area contributed by atoms with E-state index in [1.807, 2.05) is 42.1 Å².